The second-order valence-electron chi connectivity index (χ2n) is 5.41. The fourth-order valence-corrected chi connectivity index (χ4v) is 2.76. The van der Waals surface area contributed by atoms with Crippen LogP contribution in [0.4, 0.5) is 0 Å². The van der Waals surface area contributed by atoms with E-state index in [4.69, 9.17) is 4.74 Å². The topological polar surface area (TPSA) is 34.1 Å². The van der Waals surface area contributed by atoms with Crippen LogP contribution in [0, 0.1) is 13.8 Å². The third-order valence-corrected chi connectivity index (χ3v) is 4.56. The lowest BCUT2D eigenvalue weighted by atomic mass is 10.1. The summed E-state index contributed by atoms with van der Waals surface area (Å²) in [6.45, 7) is 5.70. The predicted octanol–water partition coefficient (Wildman–Crippen LogP) is 3.59. The van der Waals surface area contributed by atoms with Gasteiger partial charge in [0.15, 0.2) is 0 Å². The van der Waals surface area contributed by atoms with E-state index >= 15 is 0 Å². The number of hydrogen-bond acceptors (Lipinski definition) is 4. The lowest BCUT2D eigenvalue weighted by molar-refractivity contribution is 0.305. The largest absolute Gasteiger partial charge is 0.486 e. The lowest BCUT2D eigenvalue weighted by Crippen LogP contribution is -2.14. The molecule has 1 aromatic carbocycles. The zero-order valence-corrected chi connectivity index (χ0v) is 12.8. The van der Waals surface area contributed by atoms with Gasteiger partial charge in [-0.3, -0.25) is 0 Å². The Bertz CT molecular complexity index is 590. The minimum Gasteiger partial charge on any atom is -0.486 e. The molecule has 20 heavy (non-hydrogen) atoms. The molecule has 0 unspecified atom stereocenters. The second-order valence-corrected chi connectivity index (χ2v) is 6.61. The summed E-state index contributed by atoms with van der Waals surface area (Å²) >= 11 is 1.73. The third-order valence-electron chi connectivity index (χ3n) is 3.58. The summed E-state index contributed by atoms with van der Waals surface area (Å²) in [6, 6.07) is 6.94. The van der Waals surface area contributed by atoms with Crippen LogP contribution in [0.3, 0.4) is 0 Å². The highest BCUT2D eigenvalue weighted by Gasteiger charge is 2.20. The van der Waals surface area contributed by atoms with Crippen LogP contribution in [0.25, 0.3) is 0 Å². The van der Waals surface area contributed by atoms with Gasteiger partial charge in [0, 0.05) is 23.7 Å². The molecule has 0 spiro atoms. The molecular weight excluding hydrogens is 268 g/mol. The number of hydrogen-bond donors (Lipinski definition) is 1. The van der Waals surface area contributed by atoms with E-state index in [2.05, 4.69) is 36.3 Å². The monoisotopic (exact) mass is 288 g/mol. The minimum atomic E-state index is 0.552. The number of nitrogens with one attached hydrogen (secondary N) is 1. The van der Waals surface area contributed by atoms with E-state index in [-0.39, 0.29) is 0 Å². The zero-order valence-electron chi connectivity index (χ0n) is 12.0. The Hall–Kier alpha value is -1.39. The Labute approximate surface area is 124 Å². The Morgan fingerprint density at radius 2 is 2.15 bits per heavy atom. The van der Waals surface area contributed by atoms with Crippen LogP contribution in [-0.4, -0.2) is 11.0 Å². The molecule has 1 aliphatic rings. The molecule has 2 aromatic rings. The molecule has 0 amide bonds. The number of nitrogens with zero attached hydrogens (tertiary/aromatic N) is 1. The summed E-state index contributed by atoms with van der Waals surface area (Å²) in [5.41, 5.74) is 2.55. The Morgan fingerprint density at radius 3 is 2.90 bits per heavy atom. The maximum absolute atomic E-state index is 5.81. The molecule has 0 bridgehead atoms. The van der Waals surface area contributed by atoms with Crippen LogP contribution in [-0.2, 0) is 13.2 Å². The van der Waals surface area contributed by atoms with Crippen molar-refractivity contribution in [3.8, 4) is 5.75 Å². The third kappa shape index (κ3) is 3.58. The first-order valence-corrected chi connectivity index (χ1v) is 7.89. The van der Waals surface area contributed by atoms with Crippen LogP contribution in [0.15, 0.2) is 24.4 Å². The normalized spacial score (nSPS) is 14.5. The van der Waals surface area contributed by atoms with Gasteiger partial charge in [-0.05, 0) is 49.9 Å². The summed E-state index contributed by atoms with van der Waals surface area (Å²) in [4.78, 5) is 5.71. The first-order chi connectivity index (χ1) is 9.70. The van der Waals surface area contributed by atoms with Gasteiger partial charge < -0.3 is 10.1 Å². The molecule has 1 N–H and O–H groups in total. The van der Waals surface area contributed by atoms with Crippen molar-refractivity contribution in [3.05, 3.63) is 45.4 Å². The number of thiazole rings is 1. The first-order valence-electron chi connectivity index (χ1n) is 7.08. The van der Waals surface area contributed by atoms with Gasteiger partial charge in [-0.1, -0.05) is 6.07 Å². The fourth-order valence-electron chi connectivity index (χ4n) is 1.98. The van der Waals surface area contributed by atoms with Crippen molar-refractivity contribution in [2.24, 2.45) is 0 Å². The average Bonchev–Trinajstić information content (AvgIpc) is 3.16. The van der Waals surface area contributed by atoms with E-state index in [0.717, 1.165) is 23.3 Å². The van der Waals surface area contributed by atoms with Gasteiger partial charge >= 0.3 is 0 Å². The molecule has 1 aromatic heterocycles. The van der Waals surface area contributed by atoms with Gasteiger partial charge in [-0.15, -0.1) is 11.3 Å². The lowest BCUT2D eigenvalue weighted by Gasteiger charge is -2.06. The van der Waals surface area contributed by atoms with Gasteiger partial charge in [0.05, 0.1) is 0 Å². The van der Waals surface area contributed by atoms with E-state index in [0.29, 0.717) is 6.61 Å². The van der Waals surface area contributed by atoms with Crippen molar-refractivity contribution in [1.29, 1.82) is 0 Å². The number of rotatable bonds is 6. The van der Waals surface area contributed by atoms with Gasteiger partial charge in [0.1, 0.15) is 17.4 Å². The molecule has 0 aliphatic heterocycles. The quantitative estimate of drug-likeness (QED) is 0.882. The maximum Gasteiger partial charge on any atom is 0.140 e. The van der Waals surface area contributed by atoms with Gasteiger partial charge in [0.2, 0.25) is 0 Å². The van der Waals surface area contributed by atoms with Crippen molar-refractivity contribution < 1.29 is 4.74 Å². The van der Waals surface area contributed by atoms with Crippen molar-refractivity contribution in [3.63, 3.8) is 0 Å². The van der Waals surface area contributed by atoms with Crippen molar-refractivity contribution >= 4 is 11.3 Å². The SMILES string of the molecule is Cc1ccc(OCc2ncc(CNC3CC3)s2)cc1C. The van der Waals surface area contributed by atoms with Crippen LogP contribution in [0.1, 0.15) is 33.9 Å². The number of ether oxygens (including phenoxy) is 1. The summed E-state index contributed by atoms with van der Waals surface area (Å²) in [6.07, 6.45) is 4.60. The van der Waals surface area contributed by atoms with E-state index in [9.17, 15) is 0 Å². The van der Waals surface area contributed by atoms with E-state index in [1.165, 1.54) is 28.8 Å². The Kier molecular flexibility index (Phi) is 4.03. The Balaban J connectivity index is 1.53. The second kappa shape index (κ2) is 5.94. The molecule has 0 atom stereocenters. The van der Waals surface area contributed by atoms with Crippen molar-refractivity contribution in [2.75, 3.05) is 0 Å². The summed E-state index contributed by atoms with van der Waals surface area (Å²) in [5, 5.41) is 4.54. The first kappa shape index (κ1) is 13.6. The molecule has 0 saturated heterocycles. The summed E-state index contributed by atoms with van der Waals surface area (Å²) in [5.74, 6) is 0.918. The molecule has 1 saturated carbocycles. The number of aromatic nitrogens is 1. The van der Waals surface area contributed by atoms with Crippen LogP contribution < -0.4 is 10.1 Å². The maximum atomic E-state index is 5.81. The highest BCUT2D eigenvalue weighted by molar-refractivity contribution is 7.11. The number of benzene rings is 1. The van der Waals surface area contributed by atoms with Gasteiger partial charge in [-0.25, -0.2) is 4.98 Å². The number of aryl methyl sites for hydroxylation is 2. The molecule has 3 rings (SSSR count). The fraction of sp³-hybridized carbons (Fsp3) is 0.438. The van der Waals surface area contributed by atoms with Crippen LogP contribution in [0.5, 0.6) is 5.75 Å². The van der Waals surface area contributed by atoms with Crippen LogP contribution in [0.2, 0.25) is 0 Å². The zero-order chi connectivity index (χ0) is 13.9. The minimum absolute atomic E-state index is 0.552. The molecule has 1 aliphatic carbocycles. The molecule has 0 radical (unpaired) electrons. The highest BCUT2D eigenvalue weighted by atomic mass is 32.1. The van der Waals surface area contributed by atoms with Crippen molar-refractivity contribution in [2.45, 2.75) is 45.9 Å². The van der Waals surface area contributed by atoms with E-state index < -0.39 is 0 Å². The summed E-state index contributed by atoms with van der Waals surface area (Å²) < 4.78 is 5.81. The van der Waals surface area contributed by atoms with Gasteiger partial charge in [-0.2, -0.15) is 0 Å². The van der Waals surface area contributed by atoms with Crippen LogP contribution >= 0.6 is 11.3 Å². The standard InChI is InChI=1S/C16H20N2OS/c1-11-3-6-14(7-12(11)2)19-10-16-18-9-15(20-16)8-17-13-4-5-13/h3,6-7,9,13,17H,4-5,8,10H2,1-2H3. The molecule has 1 heterocycles. The average molecular weight is 288 g/mol. The molecule has 3 nitrogen and oxygen atoms in total. The Morgan fingerprint density at radius 1 is 1.30 bits per heavy atom. The summed E-state index contributed by atoms with van der Waals surface area (Å²) in [7, 11) is 0. The molecule has 1 fully saturated rings. The van der Waals surface area contributed by atoms with Gasteiger partial charge in [0.25, 0.3) is 0 Å². The van der Waals surface area contributed by atoms with E-state index in [1.807, 2.05) is 12.3 Å². The molecule has 4 heteroatoms. The smallest absolute Gasteiger partial charge is 0.140 e. The predicted molar refractivity (Wildman–Crippen MR) is 82.2 cm³/mol. The molecule has 106 valence electrons. The molecular formula is C16H20N2OS. The highest BCUT2D eigenvalue weighted by Crippen LogP contribution is 2.22. The van der Waals surface area contributed by atoms with Crippen molar-refractivity contribution in [1.82, 2.24) is 10.3 Å². The van der Waals surface area contributed by atoms with E-state index in [1.54, 1.807) is 11.3 Å².